The van der Waals surface area contributed by atoms with Crippen molar-refractivity contribution in [3.8, 4) is 17.2 Å². The molecule has 6 heteroatoms. The zero-order valence-electron chi connectivity index (χ0n) is 17.3. The van der Waals surface area contributed by atoms with E-state index in [1.165, 1.54) is 5.56 Å². The van der Waals surface area contributed by atoms with Crippen molar-refractivity contribution in [2.75, 3.05) is 19.7 Å². The molecule has 0 bridgehead atoms. The van der Waals surface area contributed by atoms with Crippen molar-refractivity contribution in [3.05, 3.63) is 66.1 Å². The van der Waals surface area contributed by atoms with E-state index in [0.717, 1.165) is 37.9 Å². The Morgan fingerprint density at radius 2 is 1.80 bits per heavy atom. The van der Waals surface area contributed by atoms with Crippen LogP contribution in [0.15, 0.2) is 59.0 Å². The summed E-state index contributed by atoms with van der Waals surface area (Å²) in [7, 11) is 0. The highest BCUT2D eigenvalue weighted by Gasteiger charge is 2.23. The average Bonchev–Trinajstić information content (AvgIpc) is 3.28. The third-order valence-corrected chi connectivity index (χ3v) is 5.57. The minimum Gasteiger partial charge on any atom is -0.484 e. The van der Waals surface area contributed by atoms with E-state index in [2.05, 4.69) is 34.5 Å². The Balaban J connectivity index is 1.23. The molecule has 0 unspecified atom stereocenters. The Morgan fingerprint density at radius 1 is 1.07 bits per heavy atom. The largest absolute Gasteiger partial charge is 0.484 e. The molecule has 1 fully saturated rings. The molecule has 0 saturated carbocycles. The second kappa shape index (κ2) is 9.57. The lowest BCUT2D eigenvalue weighted by molar-refractivity contribution is -0.134. The molecule has 2 aromatic carbocycles. The fraction of sp³-hybridized carbons (Fsp3) is 0.375. The maximum Gasteiger partial charge on any atom is 0.260 e. The van der Waals surface area contributed by atoms with Crippen LogP contribution in [-0.4, -0.2) is 40.7 Å². The molecular weight excluding hydrogens is 378 g/mol. The monoisotopic (exact) mass is 405 g/mol. The summed E-state index contributed by atoms with van der Waals surface area (Å²) in [5.74, 6) is 2.45. The standard InChI is InChI=1S/C24H27N3O3/c1-2-22-25-26-24(30-22)20-8-10-21(11-9-20)29-17-23(28)27-14-12-19(13-15-27)16-18-6-4-3-5-7-18/h3-11,19H,2,12-17H2,1H3. The van der Waals surface area contributed by atoms with E-state index in [0.29, 0.717) is 29.9 Å². The van der Waals surface area contributed by atoms with Crippen LogP contribution in [0.2, 0.25) is 0 Å². The van der Waals surface area contributed by atoms with E-state index < -0.39 is 0 Å². The zero-order chi connectivity index (χ0) is 20.8. The fourth-order valence-electron chi connectivity index (χ4n) is 3.78. The van der Waals surface area contributed by atoms with E-state index in [1.54, 1.807) is 0 Å². The molecule has 0 atom stereocenters. The van der Waals surface area contributed by atoms with Gasteiger partial charge >= 0.3 is 0 Å². The topological polar surface area (TPSA) is 68.5 Å². The average molecular weight is 405 g/mol. The van der Waals surface area contributed by atoms with E-state index in [4.69, 9.17) is 9.15 Å². The molecule has 1 saturated heterocycles. The number of nitrogens with zero attached hydrogens (tertiary/aromatic N) is 3. The third-order valence-electron chi connectivity index (χ3n) is 5.57. The highest BCUT2D eigenvalue weighted by Crippen LogP contribution is 2.23. The van der Waals surface area contributed by atoms with Gasteiger partial charge in [0.15, 0.2) is 6.61 Å². The Bertz CT molecular complexity index is 945. The van der Waals surface area contributed by atoms with Gasteiger partial charge in [-0.3, -0.25) is 4.79 Å². The van der Waals surface area contributed by atoms with Gasteiger partial charge in [-0.2, -0.15) is 0 Å². The van der Waals surface area contributed by atoms with Crippen LogP contribution in [0.1, 0.15) is 31.2 Å². The lowest BCUT2D eigenvalue weighted by Crippen LogP contribution is -2.41. The molecule has 2 heterocycles. The summed E-state index contributed by atoms with van der Waals surface area (Å²) < 4.78 is 11.3. The third kappa shape index (κ3) is 5.06. The van der Waals surface area contributed by atoms with Gasteiger partial charge in [0.1, 0.15) is 5.75 Å². The molecule has 1 aliphatic heterocycles. The lowest BCUT2D eigenvalue weighted by atomic mass is 9.90. The molecule has 1 amide bonds. The summed E-state index contributed by atoms with van der Waals surface area (Å²) in [6.07, 6.45) is 3.88. The molecule has 0 spiro atoms. The van der Waals surface area contributed by atoms with Crippen LogP contribution in [0.25, 0.3) is 11.5 Å². The first kappa shape index (κ1) is 20.1. The summed E-state index contributed by atoms with van der Waals surface area (Å²) in [6.45, 7) is 3.63. The van der Waals surface area contributed by atoms with Crippen LogP contribution in [0.5, 0.6) is 5.75 Å². The van der Waals surface area contributed by atoms with Crippen LogP contribution in [0.4, 0.5) is 0 Å². The van der Waals surface area contributed by atoms with Crippen LogP contribution in [-0.2, 0) is 17.6 Å². The van der Waals surface area contributed by atoms with Gasteiger partial charge in [-0.25, -0.2) is 0 Å². The zero-order valence-corrected chi connectivity index (χ0v) is 17.3. The van der Waals surface area contributed by atoms with Gasteiger partial charge in [-0.1, -0.05) is 37.3 Å². The first-order valence-electron chi connectivity index (χ1n) is 10.6. The Hall–Kier alpha value is -3.15. The van der Waals surface area contributed by atoms with Gasteiger partial charge in [0.25, 0.3) is 5.91 Å². The minimum absolute atomic E-state index is 0.0433. The van der Waals surface area contributed by atoms with Gasteiger partial charge < -0.3 is 14.1 Å². The van der Waals surface area contributed by atoms with Crippen molar-refractivity contribution < 1.29 is 13.9 Å². The molecule has 1 aliphatic rings. The van der Waals surface area contributed by atoms with E-state index in [1.807, 2.05) is 42.2 Å². The lowest BCUT2D eigenvalue weighted by Gasteiger charge is -2.32. The summed E-state index contributed by atoms with van der Waals surface area (Å²) in [6, 6.07) is 17.9. The van der Waals surface area contributed by atoms with Crippen molar-refractivity contribution in [2.45, 2.75) is 32.6 Å². The number of aryl methyl sites for hydroxylation is 1. The first-order chi connectivity index (χ1) is 14.7. The van der Waals surface area contributed by atoms with Gasteiger partial charge in [0, 0.05) is 25.1 Å². The van der Waals surface area contributed by atoms with E-state index >= 15 is 0 Å². The maximum absolute atomic E-state index is 12.5. The molecule has 6 nitrogen and oxygen atoms in total. The Kier molecular flexibility index (Phi) is 6.42. The Morgan fingerprint density at radius 3 is 2.47 bits per heavy atom. The number of ether oxygens (including phenoxy) is 1. The second-order valence-electron chi connectivity index (χ2n) is 7.68. The molecule has 3 aromatic rings. The minimum atomic E-state index is 0.0433. The van der Waals surface area contributed by atoms with Crippen LogP contribution in [0.3, 0.4) is 0 Å². The van der Waals surface area contributed by atoms with Gasteiger partial charge in [0.2, 0.25) is 11.8 Å². The molecule has 0 N–H and O–H groups in total. The molecular formula is C24H27N3O3. The summed E-state index contributed by atoms with van der Waals surface area (Å²) in [5.41, 5.74) is 2.21. The van der Waals surface area contributed by atoms with Gasteiger partial charge in [-0.05, 0) is 55.0 Å². The number of hydrogen-bond acceptors (Lipinski definition) is 5. The highest BCUT2D eigenvalue weighted by molar-refractivity contribution is 5.77. The number of benzene rings is 2. The van der Waals surface area contributed by atoms with Gasteiger partial charge in [0.05, 0.1) is 0 Å². The predicted molar refractivity (Wildman–Crippen MR) is 114 cm³/mol. The number of carbonyl (C=O) groups is 1. The van der Waals surface area contributed by atoms with Crippen molar-refractivity contribution in [3.63, 3.8) is 0 Å². The summed E-state index contributed by atoms with van der Waals surface area (Å²) in [5, 5.41) is 8.01. The number of rotatable bonds is 7. The first-order valence-corrected chi connectivity index (χ1v) is 10.6. The fourth-order valence-corrected chi connectivity index (χ4v) is 3.78. The maximum atomic E-state index is 12.5. The molecule has 156 valence electrons. The number of carbonyl (C=O) groups excluding carboxylic acids is 1. The smallest absolute Gasteiger partial charge is 0.260 e. The van der Waals surface area contributed by atoms with E-state index in [9.17, 15) is 4.79 Å². The number of piperidine rings is 1. The van der Waals surface area contributed by atoms with Crippen molar-refractivity contribution in [1.29, 1.82) is 0 Å². The number of likely N-dealkylation sites (tertiary alicyclic amines) is 1. The SMILES string of the molecule is CCc1nnc(-c2ccc(OCC(=O)N3CCC(Cc4ccccc4)CC3)cc2)o1. The number of amides is 1. The normalized spacial score (nSPS) is 14.6. The molecule has 30 heavy (non-hydrogen) atoms. The van der Waals surface area contributed by atoms with Crippen molar-refractivity contribution >= 4 is 5.91 Å². The van der Waals surface area contributed by atoms with Crippen molar-refractivity contribution in [2.24, 2.45) is 5.92 Å². The second-order valence-corrected chi connectivity index (χ2v) is 7.68. The molecule has 4 rings (SSSR count). The van der Waals surface area contributed by atoms with E-state index in [-0.39, 0.29) is 12.5 Å². The van der Waals surface area contributed by atoms with Gasteiger partial charge in [-0.15, -0.1) is 10.2 Å². The summed E-state index contributed by atoms with van der Waals surface area (Å²) >= 11 is 0. The van der Waals surface area contributed by atoms with Crippen LogP contribution >= 0.6 is 0 Å². The van der Waals surface area contributed by atoms with Crippen molar-refractivity contribution in [1.82, 2.24) is 15.1 Å². The number of hydrogen-bond donors (Lipinski definition) is 0. The number of aromatic nitrogens is 2. The predicted octanol–water partition coefficient (Wildman–Crippen LogP) is 4.16. The quantitative estimate of drug-likeness (QED) is 0.590. The summed E-state index contributed by atoms with van der Waals surface area (Å²) in [4.78, 5) is 14.4. The van der Waals surface area contributed by atoms with Crippen LogP contribution < -0.4 is 4.74 Å². The van der Waals surface area contributed by atoms with Crippen LogP contribution in [0, 0.1) is 5.92 Å². The highest BCUT2D eigenvalue weighted by atomic mass is 16.5. The molecule has 0 radical (unpaired) electrons. The molecule has 1 aromatic heterocycles. The molecule has 0 aliphatic carbocycles. The Labute approximate surface area is 176 Å².